The van der Waals surface area contributed by atoms with Gasteiger partial charge in [0.15, 0.2) is 0 Å². The van der Waals surface area contributed by atoms with Gasteiger partial charge in [0.1, 0.15) is 5.60 Å². The van der Waals surface area contributed by atoms with E-state index < -0.39 is 11.7 Å². The third-order valence-corrected chi connectivity index (χ3v) is 1.80. The highest BCUT2D eigenvalue weighted by Crippen LogP contribution is 2.20. The summed E-state index contributed by atoms with van der Waals surface area (Å²) < 4.78 is 5.12. The van der Waals surface area contributed by atoms with Gasteiger partial charge in [-0.15, -0.1) is 0 Å². The van der Waals surface area contributed by atoms with Gasteiger partial charge in [0.25, 0.3) is 0 Å². The Kier molecular flexibility index (Phi) is 5.26. The van der Waals surface area contributed by atoms with Crippen LogP contribution < -0.4 is 5.32 Å². The van der Waals surface area contributed by atoms with Gasteiger partial charge >= 0.3 is 6.09 Å². The van der Waals surface area contributed by atoms with Crippen LogP contribution in [0.25, 0.3) is 0 Å². The Bertz CT molecular complexity index is 225. The van der Waals surface area contributed by atoms with Crippen molar-refractivity contribution in [3.05, 3.63) is 0 Å². The van der Waals surface area contributed by atoms with Gasteiger partial charge in [0.2, 0.25) is 0 Å². The second kappa shape index (κ2) is 5.53. The van der Waals surface area contributed by atoms with Crippen LogP contribution in [0.5, 0.6) is 0 Å². The van der Waals surface area contributed by atoms with Crippen LogP contribution in [-0.4, -0.2) is 29.4 Å². The maximum Gasteiger partial charge on any atom is 0.407 e. The Hall–Kier alpha value is -0.770. The van der Waals surface area contributed by atoms with Crippen molar-refractivity contribution >= 4 is 6.09 Å². The van der Waals surface area contributed by atoms with Crippen molar-refractivity contribution in [2.75, 3.05) is 6.61 Å². The molecule has 2 N–H and O–H groups in total. The Morgan fingerprint density at radius 2 is 1.75 bits per heavy atom. The van der Waals surface area contributed by atoms with E-state index in [9.17, 15) is 4.79 Å². The molecule has 96 valence electrons. The van der Waals surface area contributed by atoms with Gasteiger partial charge < -0.3 is 15.2 Å². The van der Waals surface area contributed by atoms with E-state index in [0.717, 1.165) is 0 Å². The Balaban J connectivity index is 4.18. The van der Waals surface area contributed by atoms with Crippen LogP contribution in [0.3, 0.4) is 0 Å². The molecule has 0 saturated carbocycles. The van der Waals surface area contributed by atoms with Crippen LogP contribution in [0.4, 0.5) is 4.79 Å². The van der Waals surface area contributed by atoms with E-state index in [1.807, 2.05) is 20.8 Å². The normalized spacial score (nSPS) is 14.4. The SMILES string of the molecule is CC(C)(C)CC(CO)NC(=O)OC(C)(C)C. The smallest absolute Gasteiger partial charge is 0.407 e. The molecule has 0 spiro atoms. The fourth-order valence-electron chi connectivity index (χ4n) is 1.37. The number of hydrogen-bond acceptors (Lipinski definition) is 3. The number of alkyl carbamates (subject to hydrolysis) is 1. The topological polar surface area (TPSA) is 58.6 Å². The predicted octanol–water partition coefficient (Wildman–Crippen LogP) is 2.31. The summed E-state index contributed by atoms with van der Waals surface area (Å²) in [4.78, 5) is 11.5. The van der Waals surface area contributed by atoms with Crippen molar-refractivity contribution in [2.24, 2.45) is 5.41 Å². The molecule has 0 aromatic carbocycles. The highest BCUT2D eigenvalue weighted by atomic mass is 16.6. The zero-order valence-corrected chi connectivity index (χ0v) is 11.3. The monoisotopic (exact) mass is 231 g/mol. The zero-order valence-electron chi connectivity index (χ0n) is 11.3. The lowest BCUT2D eigenvalue weighted by molar-refractivity contribution is 0.0465. The predicted molar refractivity (Wildman–Crippen MR) is 64.3 cm³/mol. The molecule has 1 amide bonds. The van der Waals surface area contributed by atoms with E-state index in [4.69, 9.17) is 9.84 Å². The lowest BCUT2D eigenvalue weighted by Crippen LogP contribution is -2.42. The van der Waals surface area contributed by atoms with Crippen LogP contribution in [0, 0.1) is 5.41 Å². The van der Waals surface area contributed by atoms with Crippen LogP contribution in [0.2, 0.25) is 0 Å². The molecular formula is C12H25NO3. The highest BCUT2D eigenvalue weighted by Gasteiger charge is 2.22. The van der Waals surface area contributed by atoms with Crippen molar-refractivity contribution in [2.45, 2.75) is 59.6 Å². The van der Waals surface area contributed by atoms with E-state index in [-0.39, 0.29) is 18.1 Å². The van der Waals surface area contributed by atoms with Crippen LogP contribution in [-0.2, 0) is 4.74 Å². The van der Waals surface area contributed by atoms with Gasteiger partial charge in [-0.05, 0) is 32.6 Å². The molecule has 1 unspecified atom stereocenters. The quantitative estimate of drug-likeness (QED) is 0.783. The molecule has 0 aromatic rings. The summed E-state index contributed by atoms with van der Waals surface area (Å²) >= 11 is 0. The second-order valence-corrected chi connectivity index (χ2v) is 6.29. The number of ether oxygens (including phenoxy) is 1. The van der Waals surface area contributed by atoms with Crippen molar-refractivity contribution < 1.29 is 14.6 Å². The first-order chi connectivity index (χ1) is 7.03. The summed E-state index contributed by atoms with van der Waals surface area (Å²) in [6, 6.07) is -0.255. The van der Waals surface area contributed by atoms with Gasteiger partial charge in [0.05, 0.1) is 12.6 Å². The minimum atomic E-state index is -0.508. The number of carbonyl (C=O) groups is 1. The average molecular weight is 231 g/mol. The molecule has 4 nitrogen and oxygen atoms in total. The molecule has 0 aromatic heterocycles. The maximum atomic E-state index is 11.5. The lowest BCUT2D eigenvalue weighted by Gasteiger charge is -2.27. The summed E-state index contributed by atoms with van der Waals surface area (Å²) in [5.41, 5.74) is -0.450. The van der Waals surface area contributed by atoms with E-state index in [1.165, 1.54) is 0 Å². The van der Waals surface area contributed by atoms with Crippen molar-refractivity contribution in [1.82, 2.24) is 5.32 Å². The average Bonchev–Trinajstić information content (AvgIpc) is 1.96. The number of rotatable bonds is 3. The number of aliphatic hydroxyl groups is 1. The molecule has 0 saturated heterocycles. The molecule has 0 radical (unpaired) electrons. The lowest BCUT2D eigenvalue weighted by atomic mass is 9.88. The Labute approximate surface area is 98.4 Å². The number of nitrogens with one attached hydrogen (secondary N) is 1. The zero-order chi connectivity index (χ0) is 13.0. The van der Waals surface area contributed by atoms with Gasteiger partial charge in [-0.25, -0.2) is 4.79 Å². The van der Waals surface area contributed by atoms with Crippen molar-refractivity contribution in [3.8, 4) is 0 Å². The molecule has 0 aliphatic heterocycles. The molecule has 0 fully saturated rings. The summed E-state index contributed by atoms with van der Waals surface area (Å²) in [6.07, 6.45) is 0.235. The first-order valence-corrected chi connectivity index (χ1v) is 5.64. The molecular weight excluding hydrogens is 206 g/mol. The summed E-state index contributed by atoms with van der Waals surface area (Å²) in [5, 5.41) is 11.8. The third kappa shape index (κ3) is 8.53. The summed E-state index contributed by atoms with van der Waals surface area (Å²) in [7, 11) is 0. The van der Waals surface area contributed by atoms with E-state index in [2.05, 4.69) is 26.1 Å². The molecule has 0 rings (SSSR count). The molecule has 4 heteroatoms. The largest absolute Gasteiger partial charge is 0.444 e. The second-order valence-electron chi connectivity index (χ2n) is 6.29. The van der Waals surface area contributed by atoms with Gasteiger partial charge in [0, 0.05) is 0 Å². The van der Waals surface area contributed by atoms with Crippen LogP contribution >= 0.6 is 0 Å². The molecule has 0 bridgehead atoms. The third-order valence-electron chi connectivity index (χ3n) is 1.80. The summed E-state index contributed by atoms with van der Waals surface area (Å²) in [6.45, 7) is 11.5. The molecule has 0 aliphatic carbocycles. The Morgan fingerprint density at radius 1 is 1.25 bits per heavy atom. The summed E-state index contributed by atoms with van der Waals surface area (Å²) in [5.74, 6) is 0. The van der Waals surface area contributed by atoms with E-state index in [0.29, 0.717) is 6.42 Å². The minimum Gasteiger partial charge on any atom is -0.444 e. The van der Waals surface area contributed by atoms with Gasteiger partial charge in [-0.2, -0.15) is 0 Å². The van der Waals surface area contributed by atoms with E-state index in [1.54, 1.807) is 0 Å². The Morgan fingerprint density at radius 3 is 2.06 bits per heavy atom. The molecule has 1 atom stereocenters. The fourth-order valence-corrected chi connectivity index (χ4v) is 1.37. The van der Waals surface area contributed by atoms with Gasteiger partial charge in [-0.1, -0.05) is 20.8 Å². The van der Waals surface area contributed by atoms with Crippen LogP contribution in [0.15, 0.2) is 0 Å². The fraction of sp³-hybridized carbons (Fsp3) is 0.917. The number of aliphatic hydroxyl groups excluding tert-OH is 1. The standard InChI is InChI=1S/C12H25NO3/c1-11(2,3)7-9(8-14)13-10(15)16-12(4,5)6/h9,14H,7-8H2,1-6H3,(H,13,15). The number of hydrogen-bond donors (Lipinski definition) is 2. The van der Waals surface area contributed by atoms with Gasteiger partial charge in [-0.3, -0.25) is 0 Å². The van der Waals surface area contributed by atoms with Crippen LogP contribution in [0.1, 0.15) is 48.0 Å². The molecule has 0 heterocycles. The first kappa shape index (κ1) is 15.2. The number of carbonyl (C=O) groups excluding carboxylic acids is 1. The minimum absolute atomic E-state index is 0.0579. The van der Waals surface area contributed by atoms with Crippen molar-refractivity contribution in [1.29, 1.82) is 0 Å². The van der Waals surface area contributed by atoms with E-state index >= 15 is 0 Å². The molecule has 16 heavy (non-hydrogen) atoms. The maximum absolute atomic E-state index is 11.5. The number of amides is 1. The molecule has 0 aliphatic rings. The highest BCUT2D eigenvalue weighted by molar-refractivity contribution is 5.68. The first-order valence-electron chi connectivity index (χ1n) is 5.64. The van der Waals surface area contributed by atoms with Crippen molar-refractivity contribution in [3.63, 3.8) is 0 Å².